The molecular weight excluding hydrogens is 259 g/mol. The quantitative estimate of drug-likeness (QED) is 0.899. The lowest BCUT2D eigenvalue weighted by Crippen LogP contribution is -2.48. The van der Waals surface area contributed by atoms with Gasteiger partial charge in [0.15, 0.2) is 5.54 Å². The van der Waals surface area contributed by atoms with Gasteiger partial charge < -0.3 is 16.2 Å². The molecule has 0 spiro atoms. The first-order chi connectivity index (χ1) is 8.86. The van der Waals surface area contributed by atoms with Crippen LogP contribution in [0.25, 0.3) is 5.73 Å². The van der Waals surface area contributed by atoms with E-state index >= 15 is 0 Å². The van der Waals surface area contributed by atoms with E-state index in [1.54, 1.807) is 6.92 Å². The van der Waals surface area contributed by atoms with Crippen molar-refractivity contribution >= 4 is 11.5 Å². The summed E-state index contributed by atoms with van der Waals surface area (Å²) in [4.78, 5) is 3.76. The lowest BCUT2D eigenvalue weighted by atomic mass is 9.89. The summed E-state index contributed by atoms with van der Waals surface area (Å²) in [5, 5.41) is 0. The maximum Gasteiger partial charge on any atom is 0.269 e. The Morgan fingerprint density at radius 2 is 2.21 bits per heavy atom. The highest BCUT2D eigenvalue weighted by molar-refractivity contribution is 5.85. The van der Waals surface area contributed by atoms with Crippen molar-refractivity contribution in [2.75, 3.05) is 6.61 Å². The van der Waals surface area contributed by atoms with Gasteiger partial charge in [0.05, 0.1) is 6.61 Å². The third-order valence-corrected chi connectivity index (χ3v) is 3.09. The maximum absolute atomic E-state index is 13.8. The molecule has 104 valence electrons. The first-order valence-corrected chi connectivity index (χ1v) is 5.63. The molecule has 0 fully saturated rings. The van der Waals surface area contributed by atoms with Gasteiger partial charge >= 0.3 is 0 Å². The molecule has 1 heterocycles. The fraction of sp³-hybridized carbons (Fsp3) is 0.417. The Labute approximate surface area is 108 Å². The third kappa shape index (κ3) is 2.25. The number of hydrogen-bond acceptors (Lipinski definition) is 3. The molecule has 1 aromatic carbocycles. The van der Waals surface area contributed by atoms with Gasteiger partial charge in [-0.25, -0.2) is 13.2 Å². The van der Waals surface area contributed by atoms with Gasteiger partial charge in [-0.2, -0.15) is 0 Å². The number of nitrogens with zero attached hydrogens (tertiary/aromatic N) is 1. The van der Waals surface area contributed by atoms with Crippen LogP contribution in [-0.4, -0.2) is 25.0 Å². The smallest absolute Gasteiger partial charge is 0.269 e. The number of aliphatic imine (C=N–C) groups is 1. The van der Waals surface area contributed by atoms with Crippen LogP contribution in [0.3, 0.4) is 0 Å². The van der Waals surface area contributed by atoms with Crippen LogP contribution in [-0.2, 0) is 10.3 Å². The van der Waals surface area contributed by atoms with E-state index in [0.29, 0.717) is 0 Å². The first-order valence-electron chi connectivity index (χ1n) is 5.63. The molecular formula is C12H13F3N3O-. The fourth-order valence-electron chi connectivity index (χ4n) is 1.92. The van der Waals surface area contributed by atoms with Crippen molar-refractivity contribution in [3.63, 3.8) is 0 Å². The Morgan fingerprint density at radius 3 is 2.79 bits per heavy atom. The Bertz CT molecular complexity index is 521. The van der Waals surface area contributed by atoms with Crippen molar-refractivity contribution in [3.05, 3.63) is 35.3 Å². The average molecular weight is 272 g/mol. The molecule has 0 radical (unpaired) electrons. The van der Waals surface area contributed by atoms with Gasteiger partial charge in [0.1, 0.15) is 17.8 Å². The molecule has 1 aliphatic heterocycles. The lowest BCUT2D eigenvalue weighted by molar-refractivity contribution is -0.0340. The normalized spacial score (nSPS) is 27.4. The Hall–Kier alpha value is -1.76. The maximum atomic E-state index is 13.8. The molecule has 0 aliphatic carbocycles. The van der Waals surface area contributed by atoms with Crippen LogP contribution in [0.4, 0.5) is 18.9 Å². The largest absolute Gasteiger partial charge is 0.699 e. The van der Waals surface area contributed by atoms with Crippen molar-refractivity contribution in [2.45, 2.75) is 25.0 Å². The van der Waals surface area contributed by atoms with Gasteiger partial charge in [-0.3, -0.25) is 4.99 Å². The van der Waals surface area contributed by atoms with Crippen LogP contribution in [0.2, 0.25) is 0 Å². The van der Waals surface area contributed by atoms with Gasteiger partial charge in [-0.15, -0.1) is 5.69 Å². The fourth-order valence-corrected chi connectivity index (χ4v) is 1.92. The number of amidine groups is 1. The van der Waals surface area contributed by atoms with Crippen molar-refractivity contribution in [3.8, 4) is 0 Å². The molecule has 7 heteroatoms. The molecule has 2 atom stereocenters. The van der Waals surface area contributed by atoms with Crippen molar-refractivity contribution in [1.82, 2.24) is 0 Å². The minimum absolute atomic E-state index is 0.0798. The minimum atomic E-state index is -2.99. The topological polar surface area (TPSA) is 71.4 Å². The highest BCUT2D eigenvalue weighted by atomic mass is 19.3. The standard InChI is InChI=1S/C12H13F3N3O/c1-6-10(17)18-12(5-19-6,11(14)15)8-4-7(16)2-3-9(8)13/h2-4,6,11,16H,5H2,1H3,(H2,17,18)/q-1/t6-,12-/m0/s1. The monoisotopic (exact) mass is 272 g/mol. The molecule has 0 aromatic heterocycles. The van der Waals surface area contributed by atoms with Crippen molar-refractivity contribution in [1.29, 1.82) is 0 Å². The molecule has 3 N–H and O–H groups in total. The number of ether oxygens (including phenoxy) is 1. The number of rotatable bonds is 2. The Kier molecular flexibility index (Phi) is 3.40. The molecule has 4 nitrogen and oxygen atoms in total. The van der Waals surface area contributed by atoms with E-state index in [4.69, 9.17) is 16.2 Å². The summed E-state index contributed by atoms with van der Waals surface area (Å²) in [6, 6.07) is 3.17. The predicted octanol–water partition coefficient (Wildman–Crippen LogP) is 2.75. The van der Waals surface area contributed by atoms with E-state index in [-0.39, 0.29) is 17.1 Å². The predicted molar refractivity (Wildman–Crippen MR) is 65.1 cm³/mol. The molecule has 0 unspecified atom stereocenters. The molecule has 1 aliphatic rings. The number of benzene rings is 1. The summed E-state index contributed by atoms with van der Waals surface area (Å²) in [5.41, 5.74) is 10.3. The second-order valence-corrected chi connectivity index (χ2v) is 4.41. The minimum Gasteiger partial charge on any atom is -0.699 e. The van der Waals surface area contributed by atoms with Gasteiger partial charge in [0, 0.05) is 5.56 Å². The van der Waals surface area contributed by atoms with Crippen LogP contribution in [0.15, 0.2) is 23.2 Å². The van der Waals surface area contributed by atoms with Crippen LogP contribution in [0.5, 0.6) is 0 Å². The lowest BCUT2D eigenvalue weighted by Gasteiger charge is -2.36. The molecule has 0 amide bonds. The van der Waals surface area contributed by atoms with Gasteiger partial charge in [0.25, 0.3) is 6.43 Å². The zero-order chi connectivity index (χ0) is 14.2. The Morgan fingerprint density at radius 1 is 1.53 bits per heavy atom. The summed E-state index contributed by atoms with van der Waals surface area (Å²) < 4.78 is 45.8. The van der Waals surface area contributed by atoms with E-state index in [1.807, 2.05) is 0 Å². The van der Waals surface area contributed by atoms with E-state index in [9.17, 15) is 13.2 Å². The molecule has 19 heavy (non-hydrogen) atoms. The molecule has 0 saturated carbocycles. The molecule has 1 aromatic rings. The summed E-state index contributed by atoms with van der Waals surface area (Å²) in [6.45, 7) is 1.10. The number of halogens is 3. The van der Waals surface area contributed by atoms with E-state index < -0.39 is 30.5 Å². The van der Waals surface area contributed by atoms with E-state index in [1.165, 1.54) is 6.07 Å². The van der Waals surface area contributed by atoms with Gasteiger partial charge in [-0.05, 0) is 13.0 Å². The number of nitrogens with one attached hydrogen (secondary N) is 1. The first kappa shape index (κ1) is 13.7. The van der Waals surface area contributed by atoms with Crippen LogP contribution >= 0.6 is 0 Å². The van der Waals surface area contributed by atoms with Crippen LogP contribution < -0.4 is 5.73 Å². The average Bonchev–Trinajstić information content (AvgIpc) is 2.35. The van der Waals surface area contributed by atoms with Crippen molar-refractivity contribution in [2.24, 2.45) is 10.7 Å². The van der Waals surface area contributed by atoms with Crippen LogP contribution in [0, 0.1) is 5.82 Å². The number of alkyl halides is 2. The highest BCUT2D eigenvalue weighted by Crippen LogP contribution is 2.38. The second kappa shape index (κ2) is 4.73. The highest BCUT2D eigenvalue weighted by Gasteiger charge is 2.47. The van der Waals surface area contributed by atoms with E-state index in [0.717, 1.165) is 12.1 Å². The number of hydrogen-bond donors (Lipinski definition) is 1. The molecule has 2 rings (SSSR count). The summed E-state index contributed by atoms with van der Waals surface area (Å²) >= 11 is 0. The zero-order valence-corrected chi connectivity index (χ0v) is 10.2. The summed E-state index contributed by atoms with van der Waals surface area (Å²) in [7, 11) is 0. The van der Waals surface area contributed by atoms with Gasteiger partial charge in [0.2, 0.25) is 0 Å². The Balaban J connectivity index is 2.61. The van der Waals surface area contributed by atoms with Crippen LogP contribution in [0.1, 0.15) is 12.5 Å². The van der Waals surface area contributed by atoms with E-state index in [2.05, 4.69) is 4.99 Å². The molecule has 0 bridgehead atoms. The zero-order valence-electron chi connectivity index (χ0n) is 10.2. The van der Waals surface area contributed by atoms with Crippen molar-refractivity contribution < 1.29 is 17.9 Å². The SMILES string of the molecule is C[C@@H]1OC[C@](c2cc([NH-])ccc2F)(C(F)F)N=C1N. The van der Waals surface area contributed by atoms with Gasteiger partial charge in [-0.1, -0.05) is 12.1 Å². The molecule has 0 saturated heterocycles. The summed E-state index contributed by atoms with van der Waals surface area (Å²) in [6.07, 6.45) is -3.58. The second-order valence-electron chi connectivity index (χ2n) is 4.41. The third-order valence-electron chi connectivity index (χ3n) is 3.09. The number of nitrogens with two attached hydrogens (primary N) is 1. The summed E-state index contributed by atoms with van der Waals surface area (Å²) in [5.74, 6) is -0.965.